The van der Waals surface area contributed by atoms with Crippen LogP contribution in [0.15, 0.2) is 60.7 Å². The summed E-state index contributed by atoms with van der Waals surface area (Å²) >= 11 is 0. The van der Waals surface area contributed by atoms with Gasteiger partial charge in [0.2, 0.25) is 5.91 Å². The first kappa shape index (κ1) is 18.6. The highest BCUT2D eigenvalue weighted by molar-refractivity contribution is 6.00. The van der Waals surface area contributed by atoms with Gasteiger partial charge in [-0.2, -0.15) is 0 Å². The molecular weight excluding hydrogens is 326 g/mol. The maximum Gasteiger partial charge on any atom is 0.232 e. The molecule has 5 heteroatoms. The van der Waals surface area contributed by atoms with E-state index in [0.717, 1.165) is 50.6 Å². The lowest BCUT2D eigenvalue weighted by molar-refractivity contribution is -0.118. The molecule has 0 aromatic heterocycles. The van der Waals surface area contributed by atoms with Crippen molar-refractivity contribution in [3.8, 4) is 0 Å². The van der Waals surface area contributed by atoms with Crippen molar-refractivity contribution in [2.75, 3.05) is 50.8 Å². The summed E-state index contributed by atoms with van der Waals surface area (Å²) in [6.45, 7) is 5.52. The molecule has 1 aliphatic rings. The van der Waals surface area contributed by atoms with Gasteiger partial charge in [0.15, 0.2) is 0 Å². The van der Waals surface area contributed by atoms with Crippen LogP contribution in [0.3, 0.4) is 0 Å². The van der Waals surface area contributed by atoms with Crippen LogP contribution in [0.5, 0.6) is 0 Å². The number of benzene rings is 2. The Kier molecular flexibility index (Phi) is 6.77. The Labute approximate surface area is 155 Å². The Morgan fingerprint density at radius 3 is 1.73 bits per heavy atom. The number of piperazine rings is 1. The van der Waals surface area contributed by atoms with Crippen LogP contribution in [0.25, 0.3) is 0 Å². The minimum Gasteiger partial charge on any atom is -0.395 e. The van der Waals surface area contributed by atoms with Gasteiger partial charge in [0.05, 0.1) is 6.61 Å². The van der Waals surface area contributed by atoms with Gasteiger partial charge >= 0.3 is 0 Å². The molecule has 1 heterocycles. The van der Waals surface area contributed by atoms with Gasteiger partial charge in [-0.25, -0.2) is 0 Å². The molecule has 1 saturated heterocycles. The Hall–Kier alpha value is -2.21. The monoisotopic (exact) mass is 353 g/mol. The molecule has 1 amide bonds. The predicted octanol–water partition coefficient (Wildman–Crippen LogP) is 2.35. The molecule has 1 fully saturated rings. The Bertz CT molecular complexity index is 631. The van der Waals surface area contributed by atoms with Crippen LogP contribution in [0.4, 0.5) is 11.4 Å². The van der Waals surface area contributed by atoms with Gasteiger partial charge in [0, 0.05) is 57.1 Å². The molecule has 3 rings (SSSR count). The molecular formula is C21H27N3O2. The SMILES string of the molecule is O=C(CCN1CCN(CCO)CC1)N(c1ccccc1)c1ccccc1. The van der Waals surface area contributed by atoms with E-state index >= 15 is 0 Å². The average Bonchev–Trinajstić information content (AvgIpc) is 2.70. The number of β-amino-alcohol motifs (C(OH)–C–C–N with tert-alkyl or cyclic N) is 1. The second-order valence-electron chi connectivity index (χ2n) is 6.56. The molecule has 2 aromatic rings. The second kappa shape index (κ2) is 9.48. The number of carbonyl (C=O) groups excluding carboxylic acids is 1. The topological polar surface area (TPSA) is 47.0 Å². The number of anilines is 2. The number of aliphatic hydroxyl groups excluding tert-OH is 1. The van der Waals surface area contributed by atoms with Crippen molar-refractivity contribution in [1.82, 2.24) is 9.80 Å². The average molecular weight is 353 g/mol. The van der Waals surface area contributed by atoms with E-state index in [0.29, 0.717) is 6.42 Å². The number of amides is 1. The summed E-state index contributed by atoms with van der Waals surface area (Å²) in [4.78, 5) is 19.4. The van der Waals surface area contributed by atoms with Crippen molar-refractivity contribution < 1.29 is 9.90 Å². The van der Waals surface area contributed by atoms with Crippen LogP contribution >= 0.6 is 0 Å². The van der Waals surface area contributed by atoms with Crippen molar-refractivity contribution in [3.63, 3.8) is 0 Å². The molecule has 1 N–H and O–H groups in total. The van der Waals surface area contributed by atoms with Gasteiger partial charge < -0.3 is 10.0 Å². The lowest BCUT2D eigenvalue weighted by Gasteiger charge is -2.34. The number of rotatable bonds is 7. The van der Waals surface area contributed by atoms with Gasteiger partial charge in [0.1, 0.15) is 0 Å². The van der Waals surface area contributed by atoms with Gasteiger partial charge in [-0.05, 0) is 24.3 Å². The Balaban J connectivity index is 1.62. The molecule has 0 radical (unpaired) electrons. The number of hydrogen-bond donors (Lipinski definition) is 1. The van der Waals surface area contributed by atoms with E-state index < -0.39 is 0 Å². The molecule has 0 unspecified atom stereocenters. The number of aliphatic hydroxyl groups is 1. The third-order valence-corrected chi connectivity index (χ3v) is 4.80. The van der Waals surface area contributed by atoms with Crippen LogP contribution in [0.2, 0.25) is 0 Å². The van der Waals surface area contributed by atoms with Crippen molar-refractivity contribution in [2.24, 2.45) is 0 Å². The smallest absolute Gasteiger partial charge is 0.232 e. The lowest BCUT2D eigenvalue weighted by atomic mass is 10.2. The molecule has 0 atom stereocenters. The first-order valence-corrected chi connectivity index (χ1v) is 9.26. The van der Waals surface area contributed by atoms with E-state index in [4.69, 9.17) is 5.11 Å². The summed E-state index contributed by atoms with van der Waals surface area (Å²) in [6.07, 6.45) is 0.490. The number of para-hydroxylation sites is 2. The van der Waals surface area contributed by atoms with Crippen LogP contribution in [0.1, 0.15) is 6.42 Å². The van der Waals surface area contributed by atoms with Crippen LogP contribution < -0.4 is 4.90 Å². The van der Waals surface area contributed by atoms with Crippen LogP contribution in [-0.2, 0) is 4.79 Å². The first-order chi connectivity index (χ1) is 12.8. The highest BCUT2D eigenvalue weighted by atomic mass is 16.3. The summed E-state index contributed by atoms with van der Waals surface area (Å²) in [5, 5.41) is 9.03. The van der Waals surface area contributed by atoms with Crippen molar-refractivity contribution >= 4 is 17.3 Å². The quantitative estimate of drug-likeness (QED) is 0.830. The van der Waals surface area contributed by atoms with E-state index in [2.05, 4.69) is 9.80 Å². The van der Waals surface area contributed by atoms with Crippen molar-refractivity contribution in [3.05, 3.63) is 60.7 Å². The number of nitrogens with zero attached hydrogens (tertiary/aromatic N) is 3. The lowest BCUT2D eigenvalue weighted by Crippen LogP contribution is -2.47. The maximum absolute atomic E-state index is 13.0. The predicted molar refractivity (Wildman–Crippen MR) is 105 cm³/mol. The van der Waals surface area contributed by atoms with Gasteiger partial charge in [0.25, 0.3) is 0 Å². The summed E-state index contributed by atoms with van der Waals surface area (Å²) in [5.74, 6) is 0.111. The molecule has 0 aliphatic carbocycles. The fourth-order valence-corrected chi connectivity index (χ4v) is 3.33. The highest BCUT2D eigenvalue weighted by Crippen LogP contribution is 2.25. The summed E-state index contributed by atoms with van der Waals surface area (Å²) < 4.78 is 0. The highest BCUT2D eigenvalue weighted by Gasteiger charge is 2.21. The fraction of sp³-hybridized carbons (Fsp3) is 0.381. The molecule has 26 heavy (non-hydrogen) atoms. The van der Waals surface area contributed by atoms with Gasteiger partial charge in [-0.3, -0.25) is 14.6 Å². The zero-order valence-electron chi connectivity index (χ0n) is 15.1. The normalized spacial score (nSPS) is 15.7. The zero-order chi connectivity index (χ0) is 18.2. The molecule has 138 valence electrons. The maximum atomic E-state index is 13.0. The molecule has 0 spiro atoms. The van der Waals surface area contributed by atoms with E-state index in [1.54, 1.807) is 0 Å². The standard InChI is InChI=1S/C21H27N3O2/c25-18-17-23-15-13-22(14-16-23)12-11-21(26)24(19-7-3-1-4-8-19)20-9-5-2-6-10-20/h1-10,25H,11-18H2. The van der Waals surface area contributed by atoms with Crippen molar-refractivity contribution in [2.45, 2.75) is 6.42 Å². The van der Waals surface area contributed by atoms with E-state index in [-0.39, 0.29) is 12.5 Å². The number of carbonyl (C=O) groups is 1. The molecule has 1 aliphatic heterocycles. The molecule has 2 aromatic carbocycles. The number of hydrogen-bond acceptors (Lipinski definition) is 4. The molecule has 0 bridgehead atoms. The third kappa shape index (κ3) is 4.91. The van der Waals surface area contributed by atoms with Gasteiger partial charge in [-0.1, -0.05) is 36.4 Å². The summed E-state index contributed by atoms with van der Waals surface area (Å²) in [5.41, 5.74) is 1.80. The Morgan fingerprint density at radius 1 is 0.808 bits per heavy atom. The summed E-state index contributed by atoms with van der Waals surface area (Å²) in [6, 6.07) is 19.6. The van der Waals surface area contributed by atoms with Gasteiger partial charge in [-0.15, -0.1) is 0 Å². The largest absolute Gasteiger partial charge is 0.395 e. The van der Waals surface area contributed by atoms with E-state index in [9.17, 15) is 4.79 Å². The van der Waals surface area contributed by atoms with Crippen LogP contribution in [0, 0.1) is 0 Å². The second-order valence-corrected chi connectivity index (χ2v) is 6.56. The van der Waals surface area contributed by atoms with Crippen molar-refractivity contribution in [1.29, 1.82) is 0 Å². The first-order valence-electron chi connectivity index (χ1n) is 9.26. The van der Waals surface area contributed by atoms with Crippen LogP contribution in [-0.4, -0.2) is 66.7 Å². The third-order valence-electron chi connectivity index (χ3n) is 4.80. The zero-order valence-corrected chi connectivity index (χ0v) is 15.1. The minimum atomic E-state index is 0.111. The summed E-state index contributed by atoms with van der Waals surface area (Å²) in [7, 11) is 0. The Morgan fingerprint density at radius 2 is 1.27 bits per heavy atom. The minimum absolute atomic E-state index is 0.111. The fourth-order valence-electron chi connectivity index (χ4n) is 3.33. The molecule has 5 nitrogen and oxygen atoms in total. The van der Waals surface area contributed by atoms with E-state index in [1.165, 1.54) is 0 Å². The molecule has 0 saturated carbocycles. The van der Waals surface area contributed by atoms with E-state index in [1.807, 2.05) is 65.6 Å².